The maximum absolute atomic E-state index is 12.2. The van der Waals surface area contributed by atoms with E-state index >= 15 is 0 Å². The lowest BCUT2D eigenvalue weighted by atomic mass is 10.1. The maximum Gasteiger partial charge on any atom is 0.227 e. The SMILES string of the molecule is O=C(Cc1ccc(N2CCCC2=O)cc1)NCc1nc2ccccc2[nH]1. The number of fused-ring (bicyclic) bond motifs is 1. The van der Waals surface area contributed by atoms with Gasteiger partial charge in [-0.2, -0.15) is 0 Å². The maximum atomic E-state index is 12.2. The number of carbonyl (C=O) groups is 2. The van der Waals surface area contributed by atoms with Gasteiger partial charge in [-0.25, -0.2) is 4.98 Å². The van der Waals surface area contributed by atoms with E-state index in [-0.39, 0.29) is 11.8 Å². The molecule has 6 heteroatoms. The number of nitrogens with zero attached hydrogens (tertiary/aromatic N) is 2. The molecule has 26 heavy (non-hydrogen) atoms. The minimum atomic E-state index is -0.0598. The molecule has 2 heterocycles. The van der Waals surface area contributed by atoms with Crippen molar-refractivity contribution in [2.75, 3.05) is 11.4 Å². The third kappa shape index (κ3) is 3.44. The smallest absolute Gasteiger partial charge is 0.227 e. The van der Waals surface area contributed by atoms with Crippen molar-refractivity contribution in [1.82, 2.24) is 15.3 Å². The van der Waals surface area contributed by atoms with Crippen LogP contribution in [0.25, 0.3) is 11.0 Å². The number of hydrogen-bond acceptors (Lipinski definition) is 3. The molecule has 0 spiro atoms. The summed E-state index contributed by atoms with van der Waals surface area (Å²) in [6.45, 7) is 1.14. The lowest BCUT2D eigenvalue weighted by Crippen LogP contribution is -2.25. The van der Waals surface area contributed by atoms with Crippen molar-refractivity contribution in [1.29, 1.82) is 0 Å². The summed E-state index contributed by atoms with van der Waals surface area (Å²) in [6, 6.07) is 15.4. The lowest BCUT2D eigenvalue weighted by Gasteiger charge is -2.15. The van der Waals surface area contributed by atoms with Crippen LogP contribution in [0.2, 0.25) is 0 Å². The van der Waals surface area contributed by atoms with Crippen molar-refractivity contribution >= 4 is 28.5 Å². The number of carbonyl (C=O) groups excluding carboxylic acids is 2. The molecule has 1 fully saturated rings. The van der Waals surface area contributed by atoms with E-state index in [0.717, 1.165) is 41.1 Å². The zero-order chi connectivity index (χ0) is 17.9. The predicted molar refractivity (Wildman–Crippen MR) is 99.7 cm³/mol. The summed E-state index contributed by atoms with van der Waals surface area (Å²) in [7, 11) is 0. The van der Waals surface area contributed by atoms with E-state index < -0.39 is 0 Å². The molecule has 0 bridgehead atoms. The van der Waals surface area contributed by atoms with Crippen LogP contribution in [0.3, 0.4) is 0 Å². The first-order valence-corrected chi connectivity index (χ1v) is 8.79. The van der Waals surface area contributed by atoms with Gasteiger partial charge in [0.2, 0.25) is 11.8 Å². The second-order valence-electron chi connectivity index (χ2n) is 6.47. The van der Waals surface area contributed by atoms with E-state index in [2.05, 4.69) is 15.3 Å². The summed E-state index contributed by atoms with van der Waals surface area (Å²) in [6.07, 6.45) is 1.82. The highest BCUT2D eigenvalue weighted by atomic mass is 16.2. The highest BCUT2D eigenvalue weighted by Gasteiger charge is 2.21. The number of aromatic nitrogens is 2. The molecule has 1 aliphatic heterocycles. The molecule has 2 amide bonds. The van der Waals surface area contributed by atoms with Gasteiger partial charge in [0, 0.05) is 18.7 Å². The van der Waals surface area contributed by atoms with Crippen molar-refractivity contribution in [2.45, 2.75) is 25.8 Å². The number of H-pyrrole nitrogens is 1. The van der Waals surface area contributed by atoms with Crippen molar-refractivity contribution in [2.24, 2.45) is 0 Å². The fourth-order valence-electron chi connectivity index (χ4n) is 3.23. The van der Waals surface area contributed by atoms with Gasteiger partial charge >= 0.3 is 0 Å². The number of rotatable bonds is 5. The van der Waals surface area contributed by atoms with Gasteiger partial charge in [-0.15, -0.1) is 0 Å². The number of imidazole rings is 1. The van der Waals surface area contributed by atoms with Gasteiger partial charge in [-0.3, -0.25) is 9.59 Å². The Hall–Kier alpha value is -3.15. The second-order valence-corrected chi connectivity index (χ2v) is 6.47. The van der Waals surface area contributed by atoms with Crippen LogP contribution >= 0.6 is 0 Å². The Balaban J connectivity index is 1.33. The number of para-hydroxylation sites is 2. The average molecular weight is 348 g/mol. The largest absolute Gasteiger partial charge is 0.349 e. The molecule has 132 valence electrons. The number of nitrogens with one attached hydrogen (secondary N) is 2. The number of aromatic amines is 1. The first-order chi connectivity index (χ1) is 12.7. The standard InChI is InChI=1S/C20H20N4O2/c25-19(21-13-18-22-16-4-1-2-5-17(16)23-18)12-14-7-9-15(10-8-14)24-11-3-6-20(24)26/h1-2,4-5,7-10H,3,6,11-13H2,(H,21,25)(H,22,23). The van der Waals surface area contributed by atoms with Crippen molar-refractivity contribution in [3.05, 3.63) is 59.9 Å². The fourth-order valence-corrected chi connectivity index (χ4v) is 3.23. The van der Waals surface area contributed by atoms with Crippen LogP contribution in [-0.4, -0.2) is 28.3 Å². The number of anilines is 1. The zero-order valence-corrected chi connectivity index (χ0v) is 14.4. The van der Waals surface area contributed by atoms with Crippen LogP contribution in [0, 0.1) is 0 Å². The van der Waals surface area contributed by atoms with Gasteiger partial charge in [0.05, 0.1) is 24.0 Å². The van der Waals surface area contributed by atoms with Crippen molar-refractivity contribution in [3.8, 4) is 0 Å². The van der Waals surface area contributed by atoms with Crippen LogP contribution < -0.4 is 10.2 Å². The van der Waals surface area contributed by atoms with Crippen LogP contribution in [0.4, 0.5) is 5.69 Å². The van der Waals surface area contributed by atoms with E-state index in [9.17, 15) is 9.59 Å². The summed E-state index contributed by atoms with van der Waals surface area (Å²) in [5.41, 5.74) is 3.68. The Kier molecular flexibility index (Phi) is 4.39. The highest BCUT2D eigenvalue weighted by Crippen LogP contribution is 2.21. The highest BCUT2D eigenvalue weighted by molar-refractivity contribution is 5.95. The Morgan fingerprint density at radius 1 is 1.15 bits per heavy atom. The zero-order valence-electron chi connectivity index (χ0n) is 14.4. The molecule has 2 N–H and O–H groups in total. The Morgan fingerprint density at radius 3 is 2.69 bits per heavy atom. The van der Waals surface area contributed by atoms with E-state index in [0.29, 0.717) is 19.4 Å². The molecule has 2 aromatic carbocycles. The molecule has 0 radical (unpaired) electrons. The summed E-state index contributed by atoms with van der Waals surface area (Å²) in [5, 5.41) is 2.89. The van der Waals surface area contributed by atoms with Gasteiger partial charge in [0.1, 0.15) is 5.82 Å². The van der Waals surface area contributed by atoms with Crippen molar-refractivity contribution < 1.29 is 9.59 Å². The van der Waals surface area contributed by atoms with Crippen LogP contribution in [0.5, 0.6) is 0 Å². The minimum Gasteiger partial charge on any atom is -0.349 e. The number of amides is 2. The van der Waals surface area contributed by atoms with Crippen molar-refractivity contribution in [3.63, 3.8) is 0 Å². The summed E-state index contributed by atoms with van der Waals surface area (Å²) in [5.74, 6) is 0.847. The van der Waals surface area contributed by atoms with Gasteiger partial charge in [0.25, 0.3) is 0 Å². The Labute approximate surface area is 151 Å². The minimum absolute atomic E-state index is 0.0598. The first-order valence-electron chi connectivity index (χ1n) is 8.79. The van der Waals surface area contributed by atoms with Crippen LogP contribution in [-0.2, 0) is 22.6 Å². The van der Waals surface area contributed by atoms with Crippen LogP contribution in [0.15, 0.2) is 48.5 Å². The number of hydrogen-bond donors (Lipinski definition) is 2. The third-order valence-electron chi connectivity index (χ3n) is 4.58. The Morgan fingerprint density at radius 2 is 1.96 bits per heavy atom. The molecular weight excluding hydrogens is 328 g/mol. The number of benzene rings is 2. The summed E-state index contributed by atoms with van der Waals surface area (Å²) >= 11 is 0. The third-order valence-corrected chi connectivity index (χ3v) is 4.58. The molecule has 3 aromatic rings. The molecule has 0 aliphatic carbocycles. The topological polar surface area (TPSA) is 78.1 Å². The predicted octanol–water partition coefficient (Wildman–Crippen LogP) is 2.55. The molecule has 6 nitrogen and oxygen atoms in total. The Bertz CT molecular complexity index is 913. The second kappa shape index (κ2) is 7.00. The first kappa shape index (κ1) is 16.3. The van der Waals surface area contributed by atoms with Crippen LogP contribution in [0.1, 0.15) is 24.2 Å². The average Bonchev–Trinajstić information content (AvgIpc) is 3.26. The van der Waals surface area contributed by atoms with E-state index in [1.54, 1.807) is 4.90 Å². The molecule has 0 unspecified atom stereocenters. The van der Waals surface area contributed by atoms with E-state index in [1.807, 2.05) is 48.5 Å². The van der Waals surface area contributed by atoms with Gasteiger partial charge in [0.15, 0.2) is 0 Å². The van der Waals surface area contributed by atoms with Gasteiger partial charge in [-0.05, 0) is 36.2 Å². The fraction of sp³-hybridized carbons (Fsp3) is 0.250. The quantitative estimate of drug-likeness (QED) is 0.744. The van der Waals surface area contributed by atoms with E-state index in [1.165, 1.54) is 0 Å². The molecule has 1 saturated heterocycles. The molecular formula is C20H20N4O2. The lowest BCUT2D eigenvalue weighted by molar-refractivity contribution is -0.120. The molecule has 1 aromatic heterocycles. The summed E-state index contributed by atoms with van der Waals surface area (Å²) in [4.78, 5) is 33.4. The van der Waals surface area contributed by atoms with Gasteiger partial charge in [-0.1, -0.05) is 24.3 Å². The summed E-state index contributed by atoms with van der Waals surface area (Å²) < 4.78 is 0. The van der Waals surface area contributed by atoms with Gasteiger partial charge < -0.3 is 15.2 Å². The molecule has 4 rings (SSSR count). The van der Waals surface area contributed by atoms with E-state index in [4.69, 9.17) is 0 Å². The molecule has 0 atom stereocenters. The normalized spacial score (nSPS) is 14.2. The molecule has 0 saturated carbocycles. The monoisotopic (exact) mass is 348 g/mol. The molecule has 1 aliphatic rings.